The molecule has 0 saturated carbocycles. The largest absolute Gasteiger partial charge is 0.489 e. The van der Waals surface area contributed by atoms with Gasteiger partial charge in [0.2, 0.25) is 0 Å². The van der Waals surface area contributed by atoms with Crippen LogP contribution in [-0.4, -0.2) is 36.3 Å². The molecule has 0 saturated heterocycles. The summed E-state index contributed by atoms with van der Waals surface area (Å²) in [6, 6.07) is 17.1. The summed E-state index contributed by atoms with van der Waals surface area (Å²) < 4.78 is 15.5. The van der Waals surface area contributed by atoms with Crippen molar-refractivity contribution in [2.75, 3.05) is 13.2 Å². The topological polar surface area (TPSA) is 116 Å². The van der Waals surface area contributed by atoms with Crippen molar-refractivity contribution in [2.24, 2.45) is 15.9 Å². The van der Waals surface area contributed by atoms with Gasteiger partial charge in [-0.05, 0) is 49.2 Å². The fourth-order valence-electron chi connectivity index (χ4n) is 2.31. The molecule has 0 aliphatic heterocycles. The van der Waals surface area contributed by atoms with E-state index in [1.165, 1.54) is 6.21 Å². The number of rotatable bonds is 10. The first-order chi connectivity index (χ1) is 14.5. The molecule has 2 aromatic carbocycles. The number of esters is 1. The summed E-state index contributed by atoms with van der Waals surface area (Å²) in [4.78, 5) is 12.0. The van der Waals surface area contributed by atoms with Crippen LogP contribution in [0, 0.1) is 0 Å². The summed E-state index contributed by atoms with van der Waals surface area (Å²) in [6.45, 7) is 4.01. The molecule has 0 unspecified atom stereocenters. The van der Waals surface area contributed by atoms with Crippen LogP contribution in [0.5, 0.6) is 5.75 Å². The molecule has 2 aromatic rings. The number of carbonyl (C=O) groups is 1. The molecule has 158 valence electrons. The van der Waals surface area contributed by atoms with Crippen molar-refractivity contribution < 1.29 is 24.1 Å². The van der Waals surface area contributed by atoms with E-state index in [0.717, 1.165) is 11.1 Å². The van der Waals surface area contributed by atoms with Gasteiger partial charge < -0.3 is 25.1 Å². The van der Waals surface area contributed by atoms with E-state index in [2.05, 4.69) is 10.2 Å². The van der Waals surface area contributed by atoms with Gasteiger partial charge in [0.15, 0.2) is 11.4 Å². The third-order valence-corrected chi connectivity index (χ3v) is 3.73. The highest BCUT2D eigenvalue weighted by Gasteiger charge is 2.22. The molecule has 0 heterocycles. The van der Waals surface area contributed by atoms with Crippen LogP contribution in [0.15, 0.2) is 76.3 Å². The number of amidine groups is 1. The maximum atomic E-state index is 12.0. The van der Waals surface area contributed by atoms with Gasteiger partial charge in [0.05, 0.1) is 19.4 Å². The van der Waals surface area contributed by atoms with Crippen molar-refractivity contribution >= 4 is 18.0 Å². The van der Waals surface area contributed by atoms with Crippen LogP contribution in [0.25, 0.3) is 0 Å². The third-order valence-electron chi connectivity index (χ3n) is 3.73. The first kappa shape index (κ1) is 22.5. The van der Waals surface area contributed by atoms with E-state index in [-0.39, 0.29) is 24.6 Å². The molecule has 0 aliphatic rings. The highest BCUT2D eigenvalue weighted by Crippen LogP contribution is 2.13. The third kappa shape index (κ3) is 6.97. The van der Waals surface area contributed by atoms with E-state index in [0.29, 0.717) is 12.4 Å². The van der Waals surface area contributed by atoms with Crippen LogP contribution in [-0.2, 0) is 20.9 Å². The van der Waals surface area contributed by atoms with Gasteiger partial charge in [-0.15, -0.1) is 5.10 Å². The molecule has 0 radical (unpaired) electrons. The molecule has 0 fully saturated rings. The zero-order valence-electron chi connectivity index (χ0n) is 16.9. The Kier molecular flexibility index (Phi) is 8.92. The molecule has 0 bridgehead atoms. The molecule has 30 heavy (non-hydrogen) atoms. The SMILES string of the molecule is CCOC(=O)C(C(N)=N/N=C/c1ccc(OCc2ccccc2)cc1)=C(O)OCC. The molecule has 0 spiro atoms. The standard InChI is InChI=1S/C22H25N3O5/c1-3-28-21(26)19(22(27)29-4-2)20(23)25-24-14-16-10-12-18(13-11-16)30-15-17-8-6-5-7-9-17/h5-14,26H,3-4,15H2,1-2H3,(H2,23,25)/b21-19?,24-14+. The molecular weight excluding hydrogens is 386 g/mol. The lowest BCUT2D eigenvalue weighted by atomic mass is 10.2. The summed E-state index contributed by atoms with van der Waals surface area (Å²) in [5.74, 6) is -1.11. The van der Waals surface area contributed by atoms with Crippen LogP contribution >= 0.6 is 0 Å². The van der Waals surface area contributed by atoms with Crippen LogP contribution in [0.4, 0.5) is 0 Å². The predicted molar refractivity (Wildman–Crippen MR) is 114 cm³/mol. The van der Waals surface area contributed by atoms with Gasteiger partial charge in [0.25, 0.3) is 5.95 Å². The Hall–Kier alpha value is -3.81. The maximum Gasteiger partial charge on any atom is 0.349 e. The summed E-state index contributed by atoms with van der Waals surface area (Å²) >= 11 is 0. The highest BCUT2D eigenvalue weighted by atomic mass is 16.6. The van der Waals surface area contributed by atoms with Gasteiger partial charge in [-0.1, -0.05) is 30.3 Å². The molecular formula is C22H25N3O5. The normalized spacial score (nSPS) is 12.4. The lowest BCUT2D eigenvalue weighted by Gasteiger charge is -2.08. The predicted octanol–water partition coefficient (Wildman–Crippen LogP) is 3.33. The number of carbonyl (C=O) groups excluding carboxylic acids is 1. The van der Waals surface area contributed by atoms with Gasteiger partial charge in [0, 0.05) is 0 Å². The quantitative estimate of drug-likeness (QED) is 0.155. The van der Waals surface area contributed by atoms with Crippen LogP contribution < -0.4 is 10.5 Å². The molecule has 0 aliphatic carbocycles. The minimum atomic E-state index is -0.847. The minimum absolute atomic E-state index is 0.108. The number of hydrogen-bond donors (Lipinski definition) is 2. The summed E-state index contributed by atoms with van der Waals surface area (Å²) in [7, 11) is 0. The number of aliphatic hydroxyl groups is 1. The Labute approximate surface area is 175 Å². The maximum absolute atomic E-state index is 12.0. The molecule has 0 aromatic heterocycles. The lowest BCUT2D eigenvalue weighted by Crippen LogP contribution is -2.25. The zero-order valence-corrected chi connectivity index (χ0v) is 16.9. The number of nitrogens with zero attached hydrogens (tertiary/aromatic N) is 2. The molecule has 0 atom stereocenters. The zero-order chi connectivity index (χ0) is 21.8. The average Bonchev–Trinajstić information content (AvgIpc) is 2.74. The summed E-state index contributed by atoms with van der Waals surface area (Å²) in [5.41, 5.74) is 7.23. The van der Waals surface area contributed by atoms with Crippen LogP contribution in [0.2, 0.25) is 0 Å². The smallest absolute Gasteiger partial charge is 0.349 e. The molecule has 8 heteroatoms. The van der Waals surface area contributed by atoms with Gasteiger partial charge in [-0.2, -0.15) is 5.10 Å². The fraction of sp³-hybridized carbons (Fsp3) is 0.227. The van der Waals surface area contributed by atoms with Gasteiger partial charge >= 0.3 is 5.97 Å². The Morgan fingerprint density at radius 1 is 1.03 bits per heavy atom. The monoisotopic (exact) mass is 411 g/mol. The van der Waals surface area contributed by atoms with E-state index in [1.807, 2.05) is 42.5 Å². The number of ether oxygens (including phenoxy) is 3. The first-order valence-electron chi connectivity index (χ1n) is 9.42. The number of aliphatic hydroxyl groups excluding tert-OH is 1. The van der Waals surface area contributed by atoms with E-state index >= 15 is 0 Å². The minimum Gasteiger partial charge on any atom is -0.489 e. The molecule has 8 nitrogen and oxygen atoms in total. The van der Waals surface area contributed by atoms with Gasteiger partial charge in [-0.3, -0.25) is 0 Å². The van der Waals surface area contributed by atoms with E-state index in [4.69, 9.17) is 19.9 Å². The van der Waals surface area contributed by atoms with Gasteiger partial charge in [-0.25, -0.2) is 4.79 Å². The second-order valence-corrected chi connectivity index (χ2v) is 5.91. The van der Waals surface area contributed by atoms with Crippen LogP contribution in [0.3, 0.4) is 0 Å². The molecule has 3 N–H and O–H groups in total. The second-order valence-electron chi connectivity index (χ2n) is 5.91. The Morgan fingerprint density at radius 3 is 2.33 bits per heavy atom. The summed E-state index contributed by atoms with van der Waals surface area (Å²) in [6.07, 6.45) is 1.45. The molecule has 2 rings (SSSR count). The number of benzene rings is 2. The Balaban J connectivity index is 2.03. The van der Waals surface area contributed by atoms with Gasteiger partial charge in [0.1, 0.15) is 12.4 Å². The Morgan fingerprint density at radius 2 is 1.70 bits per heavy atom. The van der Waals surface area contributed by atoms with E-state index in [1.54, 1.807) is 26.0 Å². The second kappa shape index (κ2) is 11.9. The van der Waals surface area contributed by atoms with Crippen molar-refractivity contribution in [3.63, 3.8) is 0 Å². The highest BCUT2D eigenvalue weighted by molar-refractivity contribution is 6.18. The molecule has 0 amide bonds. The Bertz CT molecular complexity index is 906. The fourth-order valence-corrected chi connectivity index (χ4v) is 2.31. The van der Waals surface area contributed by atoms with Crippen molar-refractivity contribution in [3.05, 3.63) is 77.2 Å². The lowest BCUT2D eigenvalue weighted by molar-refractivity contribution is -0.138. The number of nitrogens with two attached hydrogens (primary N) is 1. The average molecular weight is 411 g/mol. The van der Waals surface area contributed by atoms with Crippen molar-refractivity contribution in [1.29, 1.82) is 0 Å². The first-order valence-corrected chi connectivity index (χ1v) is 9.42. The summed E-state index contributed by atoms with van der Waals surface area (Å²) in [5, 5.41) is 17.5. The van der Waals surface area contributed by atoms with E-state index in [9.17, 15) is 9.90 Å². The number of hydrogen-bond acceptors (Lipinski definition) is 7. The van der Waals surface area contributed by atoms with Crippen molar-refractivity contribution in [2.45, 2.75) is 20.5 Å². The van der Waals surface area contributed by atoms with Crippen LogP contribution in [0.1, 0.15) is 25.0 Å². The van der Waals surface area contributed by atoms with Crippen molar-refractivity contribution in [3.8, 4) is 5.75 Å². The van der Waals surface area contributed by atoms with E-state index < -0.39 is 11.9 Å². The van der Waals surface area contributed by atoms with Crippen molar-refractivity contribution in [1.82, 2.24) is 0 Å².